The van der Waals surface area contributed by atoms with Crippen molar-refractivity contribution in [3.05, 3.63) is 35.4 Å². The summed E-state index contributed by atoms with van der Waals surface area (Å²) in [6.45, 7) is 1.79. The van der Waals surface area contributed by atoms with Crippen LogP contribution in [0.2, 0.25) is 0 Å². The number of rotatable bonds is 2. The van der Waals surface area contributed by atoms with Gasteiger partial charge in [0.15, 0.2) is 0 Å². The fourth-order valence-electron chi connectivity index (χ4n) is 2.07. The van der Waals surface area contributed by atoms with Gasteiger partial charge < -0.3 is 11.1 Å². The smallest absolute Gasteiger partial charge is 0.0320 e. The number of hydrogen-bond acceptors (Lipinski definition) is 2. The summed E-state index contributed by atoms with van der Waals surface area (Å²) in [4.78, 5) is 0. The van der Waals surface area contributed by atoms with Crippen LogP contribution < -0.4 is 11.1 Å². The van der Waals surface area contributed by atoms with E-state index < -0.39 is 0 Å². The lowest BCUT2D eigenvalue weighted by Crippen LogP contribution is -2.26. The van der Waals surface area contributed by atoms with E-state index in [1.165, 1.54) is 30.4 Å². The lowest BCUT2D eigenvalue weighted by Gasteiger charge is -2.24. The van der Waals surface area contributed by atoms with Gasteiger partial charge in [-0.25, -0.2) is 0 Å². The van der Waals surface area contributed by atoms with Crippen LogP contribution in [-0.4, -0.2) is 6.54 Å². The van der Waals surface area contributed by atoms with Gasteiger partial charge in [0.1, 0.15) is 0 Å². The second-order valence-corrected chi connectivity index (χ2v) is 3.95. The van der Waals surface area contributed by atoms with Gasteiger partial charge in [0.25, 0.3) is 0 Å². The summed E-state index contributed by atoms with van der Waals surface area (Å²) < 4.78 is 0. The predicted octanol–water partition coefficient (Wildman–Crippen LogP) is 1.96. The van der Waals surface area contributed by atoms with Gasteiger partial charge in [-0.3, -0.25) is 0 Å². The molecular weight excluding hydrogens is 172 g/mol. The van der Waals surface area contributed by atoms with Gasteiger partial charge >= 0.3 is 0 Å². The zero-order valence-corrected chi connectivity index (χ0v) is 8.50. The lowest BCUT2D eigenvalue weighted by atomic mass is 9.96. The molecule has 1 aromatic carbocycles. The second kappa shape index (κ2) is 4.58. The largest absolute Gasteiger partial charge is 0.326 e. The van der Waals surface area contributed by atoms with Gasteiger partial charge in [-0.2, -0.15) is 0 Å². The third kappa shape index (κ3) is 2.14. The first-order valence-electron chi connectivity index (χ1n) is 5.42. The molecule has 2 rings (SSSR count). The molecule has 0 aliphatic carbocycles. The quantitative estimate of drug-likeness (QED) is 0.748. The molecule has 0 amide bonds. The van der Waals surface area contributed by atoms with Crippen molar-refractivity contribution in [3.8, 4) is 0 Å². The van der Waals surface area contributed by atoms with E-state index in [1.807, 2.05) is 0 Å². The molecule has 1 saturated heterocycles. The highest BCUT2D eigenvalue weighted by Crippen LogP contribution is 2.23. The number of nitrogens with two attached hydrogens (primary N) is 1. The summed E-state index contributed by atoms with van der Waals surface area (Å²) in [7, 11) is 0. The molecule has 76 valence electrons. The zero-order chi connectivity index (χ0) is 9.80. The van der Waals surface area contributed by atoms with Crippen LogP contribution >= 0.6 is 0 Å². The topological polar surface area (TPSA) is 38.0 Å². The molecule has 0 spiro atoms. The molecule has 1 unspecified atom stereocenters. The SMILES string of the molecule is NCc1cccc(C2CCCCN2)c1. The maximum atomic E-state index is 5.63. The Balaban J connectivity index is 2.13. The Bertz CT molecular complexity index is 290. The van der Waals surface area contributed by atoms with Crippen LogP contribution in [0.15, 0.2) is 24.3 Å². The van der Waals surface area contributed by atoms with Crippen LogP contribution in [0.4, 0.5) is 0 Å². The third-order valence-electron chi connectivity index (χ3n) is 2.90. The minimum absolute atomic E-state index is 0.551. The van der Waals surface area contributed by atoms with Crippen LogP contribution in [0.1, 0.15) is 36.4 Å². The van der Waals surface area contributed by atoms with Crippen LogP contribution in [0, 0.1) is 0 Å². The van der Waals surface area contributed by atoms with Crippen molar-refractivity contribution in [1.82, 2.24) is 5.32 Å². The molecule has 1 aliphatic rings. The van der Waals surface area contributed by atoms with Crippen molar-refractivity contribution in [2.24, 2.45) is 5.73 Å². The van der Waals surface area contributed by atoms with Gasteiger partial charge in [-0.05, 0) is 30.5 Å². The van der Waals surface area contributed by atoms with Crippen LogP contribution in [-0.2, 0) is 6.54 Å². The molecule has 3 N–H and O–H groups in total. The van der Waals surface area contributed by atoms with Gasteiger partial charge in [-0.1, -0.05) is 30.7 Å². The highest BCUT2D eigenvalue weighted by molar-refractivity contribution is 5.26. The Morgan fingerprint density at radius 1 is 1.36 bits per heavy atom. The van der Waals surface area contributed by atoms with Gasteiger partial charge in [0.05, 0.1) is 0 Å². The molecule has 1 atom stereocenters. The number of hydrogen-bond donors (Lipinski definition) is 2. The molecule has 1 aromatic rings. The first-order chi connectivity index (χ1) is 6.90. The Morgan fingerprint density at radius 3 is 3.00 bits per heavy atom. The maximum Gasteiger partial charge on any atom is 0.0320 e. The zero-order valence-electron chi connectivity index (χ0n) is 8.50. The summed E-state index contributed by atoms with van der Waals surface area (Å²) >= 11 is 0. The average Bonchev–Trinajstić information content (AvgIpc) is 2.30. The molecular formula is C12H18N2. The first kappa shape index (κ1) is 9.69. The molecule has 14 heavy (non-hydrogen) atoms. The van der Waals surface area contributed by atoms with Crippen molar-refractivity contribution in [1.29, 1.82) is 0 Å². The van der Waals surface area contributed by atoms with Crippen LogP contribution in [0.5, 0.6) is 0 Å². The fourth-order valence-corrected chi connectivity index (χ4v) is 2.07. The average molecular weight is 190 g/mol. The Labute approximate surface area is 85.5 Å². The monoisotopic (exact) mass is 190 g/mol. The minimum atomic E-state index is 0.551. The molecule has 0 radical (unpaired) electrons. The molecule has 1 heterocycles. The van der Waals surface area contributed by atoms with E-state index in [2.05, 4.69) is 29.6 Å². The van der Waals surface area contributed by atoms with Crippen molar-refractivity contribution in [2.45, 2.75) is 31.8 Å². The molecule has 0 saturated carbocycles. The first-order valence-corrected chi connectivity index (χ1v) is 5.42. The van der Waals surface area contributed by atoms with Crippen molar-refractivity contribution in [3.63, 3.8) is 0 Å². The summed E-state index contributed by atoms with van der Waals surface area (Å²) in [6.07, 6.45) is 3.91. The maximum absolute atomic E-state index is 5.63. The van der Waals surface area contributed by atoms with E-state index in [-0.39, 0.29) is 0 Å². The Kier molecular flexibility index (Phi) is 3.17. The van der Waals surface area contributed by atoms with Crippen LogP contribution in [0.25, 0.3) is 0 Å². The Morgan fingerprint density at radius 2 is 2.29 bits per heavy atom. The van der Waals surface area contributed by atoms with E-state index >= 15 is 0 Å². The summed E-state index contributed by atoms with van der Waals surface area (Å²) in [6, 6.07) is 9.17. The normalized spacial score (nSPS) is 22.2. The lowest BCUT2D eigenvalue weighted by molar-refractivity contribution is 0.412. The highest BCUT2D eigenvalue weighted by Gasteiger charge is 2.14. The standard InChI is InChI=1S/C12H18N2/c13-9-10-4-3-5-11(8-10)12-6-1-2-7-14-12/h3-5,8,12,14H,1-2,6-7,9,13H2. The molecule has 1 fully saturated rings. The minimum Gasteiger partial charge on any atom is -0.326 e. The predicted molar refractivity (Wildman–Crippen MR) is 58.9 cm³/mol. The summed E-state index contributed by atoms with van der Waals surface area (Å²) in [5, 5.41) is 3.55. The van der Waals surface area contributed by atoms with Gasteiger partial charge in [-0.15, -0.1) is 0 Å². The Hall–Kier alpha value is -0.860. The summed E-state index contributed by atoms with van der Waals surface area (Å²) in [5.41, 5.74) is 8.26. The molecule has 1 aliphatic heterocycles. The fraction of sp³-hybridized carbons (Fsp3) is 0.500. The van der Waals surface area contributed by atoms with E-state index in [0.29, 0.717) is 12.6 Å². The van der Waals surface area contributed by atoms with E-state index in [9.17, 15) is 0 Å². The van der Waals surface area contributed by atoms with Crippen molar-refractivity contribution in [2.75, 3.05) is 6.54 Å². The van der Waals surface area contributed by atoms with E-state index in [1.54, 1.807) is 0 Å². The number of nitrogens with one attached hydrogen (secondary N) is 1. The molecule has 0 aromatic heterocycles. The van der Waals surface area contributed by atoms with Crippen molar-refractivity contribution < 1.29 is 0 Å². The number of piperidine rings is 1. The third-order valence-corrected chi connectivity index (χ3v) is 2.90. The van der Waals surface area contributed by atoms with Gasteiger partial charge in [0.2, 0.25) is 0 Å². The molecule has 0 bridgehead atoms. The van der Waals surface area contributed by atoms with Gasteiger partial charge in [0, 0.05) is 12.6 Å². The highest BCUT2D eigenvalue weighted by atomic mass is 14.9. The molecule has 2 heteroatoms. The molecule has 2 nitrogen and oxygen atoms in total. The second-order valence-electron chi connectivity index (χ2n) is 3.95. The van der Waals surface area contributed by atoms with Crippen molar-refractivity contribution >= 4 is 0 Å². The van der Waals surface area contributed by atoms with E-state index in [4.69, 9.17) is 5.73 Å². The number of benzene rings is 1. The summed E-state index contributed by atoms with van der Waals surface area (Å²) in [5.74, 6) is 0. The van der Waals surface area contributed by atoms with E-state index in [0.717, 1.165) is 6.54 Å². The van der Waals surface area contributed by atoms with Crippen LogP contribution in [0.3, 0.4) is 0 Å².